The first-order valence-electron chi connectivity index (χ1n) is 9.85. The molecule has 0 radical (unpaired) electrons. The van der Waals surface area contributed by atoms with Crippen molar-refractivity contribution in [2.75, 3.05) is 16.4 Å². The maximum Gasteiger partial charge on any atom is 0.338 e. The van der Waals surface area contributed by atoms with Crippen LogP contribution in [0.4, 0.5) is 5.69 Å². The highest BCUT2D eigenvalue weighted by molar-refractivity contribution is 7.91. The van der Waals surface area contributed by atoms with Gasteiger partial charge in [0.2, 0.25) is 0 Å². The zero-order valence-electron chi connectivity index (χ0n) is 16.6. The van der Waals surface area contributed by atoms with E-state index in [1.807, 2.05) is 6.07 Å². The zero-order valence-corrected chi connectivity index (χ0v) is 17.4. The normalized spacial score (nSPS) is 19.5. The summed E-state index contributed by atoms with van der Waals surface area (Å²) in [7, 11) is -3.51. The SMILES string of the molecule is O=C(O[C@H]1CS(=O)(=O)C[C@@H]1N(C(=O)c1ccccc1)c1ccccc1)c1ccccc1. The number of para-hydroxylation sites is 1. The number of ether oxygens (including phenoxy) is 1. The van der Waals surface area contributed by atoms with Gasteiger partial charge >= 0.3 is 5.97 Å². The van der Waals surface area contributed by atoms with Gasteiger partial charge in [-0.05, 0) is 36.4 Å². The van der Waals surface area contributed by atoms with Gasteiger partial charge in [-0.1, -0.05) is 54.6 Å². The number of carbonyl (C=O) groups is 2. The molecule has 2 atom stereocenters. The Morgan fingerprint density at radius 3 is 1.84 bits per heavy atom. The van der Waals surface area contributed by atoms with E-state index in [0.717, 1.165) is 0 Å². The summed E-state index contributed by atoms with van der Waals surface area (Å²) in [4.78, 5) is 27.5. The van der Waals surface area contributed by atoms with Crippen LogP contribution in [0.1, 0.15) is 20.7 Å². The average Bonchev–Trinajstić information content (AvgIpc) is 3.09. The topological polar surface area (TPSA) is 80.8 Å². The standard InChI is InChI=1S/C24H21NO5S/c26-23(18-10-4-1-5-11-18)25(20-14-8-3-9-15-20)21-16-31(28,29)17-22(21)30-24(27)19-12-6-2-7-13-19/h1-15,21-22H,16-17H2/t21-,22-/m0/s1. The average molecular weight is 436 g/mol. The van der Waals surface area contributed by atoms with Gasteiger partial charge in [-0.2, -0.15) is 0 Å². The molecule has 0 bridgehead atoms. The van der Waals surface area contributed by atoms with Gasteiger partial charge in [0, 0.05) is 11.3 Å². The molecule has 3 aromatic carbocycles. The minimum atomic E-state index is -3.51. The molecule has 1 amide bonds. The number of sulfone groups is 1. The van der Waals surface area contributed by atoms with Crippen LogP contribution >= 0.6 is 0 Å². The quantitative estimate of drug-likeness (QED) is 0.574. The molecule has 0 aromatic heterocycles. The minimum absolute atomic E-state index is 0.285. The fourth-order valence-electron chi connectivity index (χ4n) is 3.70. The van der Waals surface area contributed by atoms with Gasteiger partial charge in [0.1, 0.15) is 6.10 Å². The lowest BCUT2D eigenvalue weighted by Crippen LogP contribution is -2.48. The lowest BCUT2D eigenvalue weighted by molar-refractivity contribution is 0.0314. The number of amides is 1. The molecule has 4 rings (SSSR count). The smallest absolute Gasteiger partial charge is 0.338 e. The highest BCUT2D eigenvalue weighted by atomic mass is 32.2. The van der Waals surface area contributed by atoms with Crippen molar-refractivity contribution < 1.29 is 22.7 Å². The van der Waals surface area contributed by atoms with Crippen LogP contribution in [-0.4, -0.2) is 43.9 Å². The van der Waals surface area contributed by atoms with Gasteiger partial charge in [-0.25, -0.2) is 13.2 Å². The van der Waals surface area contributed by atoms with Gasteiger partial charge in [-0.3, -0.25) is 4.79 Å². The van der Waals surface area contributed by atoms with Crippen LogP contribution in [0.15, 0.2) is 91.0 Å². The van der Waals surface area contributed by atoms with Gasteiger partial charge < -0.3 is 9.64 Å². The summed E-state index contributed by atoms with van der Waals surface area (Å²) in [6, 6.07) is 25.0. The number of carbonyl (C=O) groups excluding carboxylic acids is 2. The Balaban J connectivity index is 1.71. The van der Waals surface area contributed by atoms with E-state index in [9.17, 15) is 18.0 Å². The Morgan fingerprint density at radius 1 is 0.742 bits per heavy atom. The molecule has 0 N–H and O–H groups in total. The second-order valence-electron chi connectivity index (χ2n) is 7.33. The van der Waals surface area contributed by atoms with Crippen LogP contribution < -0.4 is 4.90 Å². The first-order chi connectivity index (χ1) is 14.9. The van der Waals surface area contributed by atoms with Crippen molar-refractivity contribution >= 4 is 27.4 Å². The van der Waals surface area contributed by atoms with Gasteiger partial charge in [0.25, 0.3) is 5.91 Å². The number of hydrogen-bond acceptors (Lipinski definition) is 5. The van der Waals surface area contributed by atoms with Gasteiger partial charge in [0.15, 0.2) is 9.84 Å². The van der Waals surface area contributed by atoms with Crippen LogP contribution in [0.2, 0.25) is 0 Å². The third kappa shape index (κ3) is 4.67. The predicted molar refractivity (Wildman–Crippen MR) is 118 cm³/mol. The second-order valence-corrected chi connectivity index (χ2v) is 9.48. The maximum absolute atomic E-state index is 13.4. The van der Waals surface area contributed by atoms with Crippen molar-refractivity contribution in [1.29, 1.82) is 0 Å². The molecule has 6 nitrogen and oxygen atoms in total. The highest BCUT2D eigenvalue weighted by Gasteiger charge is 2.45. The number of anilines is 1. The second kappa shape index (κ2) is 8.73. The van der Waals surface area contributed by atoms with E-state index in [0.29, 0.717) is 16.8 Å². The van der Waals surface area contributed by atoms with Crippen molar-refractivity contribution in [3.05, 3.63) is 102 Å². The third-order valence-electron chi connectivity index (χ3n) is 5.15. The van der Waals surface area contributed by atoms with E-state index < -0.39 is 28.0 Å². The summed E-state index contributed by atoms with van der Waals surface area (Å²) in [6.45, 7) is 0. The Kier molecular flexibility index (Phi) is 5.86. The van der Waals surface area contributed by atoms with E-state index in [-0.39, 0.29) is 17.4 Å². The molecule has 0 aliphatic carbocycles. The summed E-state index contributed by atoms with van der Waals surface area (Å²) in [6.07, 6.45) is -0.981. The highest BCUT2D eigenvalue weighted by Crippen LogP contribution is 2.29. The molecule has 3 aromatic rings. The van der Waals surface area contributed by atoms with Crippen LogP contribution in [0.25, 0.3) is 0 Å². The summed E-state index contributed by atoms with van der Waals surface area (Å²) in [5, 5.41) is 0. The molecule has 1 fully saturated rings. The van der Waals surface area contributed by atoms with E-state index in [4.69, 9.17) is 4.74 Å². The number of esters is 1. The number of nitrogens with zero attached hydrogens (tertiary/aromatic N) is 1. The van der Waals surface area contributed by atoms with Crippen molar-refractivity contribution in [3.8, 4) is 0 Å². The van der Waals surface area contributed by atoms with Crippen LogP contribution in [0, 0.1) is 0 Å². The Morgan fingerprint density at radius 2 is 1.26 bits per heavy atom. The molecule has 1 aliphatic rings. The fraction of sp³-hybridized carbons (Fsp3) is 0.167. The molecule has 0 unspecified atom stereocenters. The first-order valence-corrected chi connectivity index (χ1v) is 11.7. The van der Waals surface area contributed by atoms with Crippen molar-refractivity contribution in [2.45, 2.75) is 12.1 Å². The minimum Gasteiger partial charge on any atom is -0.455 e. The van der Waals surface area contributed by atoms with E-state index in [1.165, 1.54) is 4.90 Å². The lowest BCUT2D eigenvalue weighted by Gasteiger charge is -2.32. The van der Waals surface area contributed by atoms with Crippen molar-refractivity contribution in [3.63, 3.8) is 0 Å². The Labute approximate surface area is 181 Å². The number of rotatable bonds is 5. The zero-order chi connectivity index (χ0) is 21.8. The Hall–Kier alpha value is -3.45. The van der Waals surface area contributed by atoms with Crippen LogP contribution in [0.5, 0.6) is 0 Å². The fourth-order valence-corrected chi connectivity index (χ4v) is 5.51. The molecular weight excluding hydrogens is 414 g/mol. The number of hydrogen-bond donors (Lipinski definition) is 0. The Bertz CT molecular complexity index is 1160. The third-order valence-corrected chi connectivity index (χ3v) is 6.83. The van der Waals surface area contributed by atoms with Gasteiger partial charge in [-0.15, -0.1) is 0 Å². The molecular formula is C24H21NO5S. The van der Waals surface area contributed by atoms with Crippen LogP contribution in [0.3, 0.4) is 0 Å². The van der Waals surface area contributed by atoms with E-state index in [1.54, 1.807) is 84.9 Å². The van der Waals surface area contributed by atoms with Gasteiger partial charge in [0.05, 0.1) is 23.1 Å². The molecule has 0 spiro atoms. The monoisotopic (exact) mass is 435 g/mol. The molecule has 158 valence electrons. The molecule has 1 saturated heterocycles. The maximum atomic E-state index is 13.4. The van der Waals surface area contributed by atoms with E-state index >= 15 is 0 Å². The molecule has 7 heteroatoms. The lowest BCUT2D eigenvalue weighted by atomic mass is 10.1. The number of benzene rings is 3. The molecule has 31 heavy (non-hydrogen) atoms. The molecule has 0 saturated carbocycles. The summed E-state index contributed by atoms with van der Waals surface area (Å²) in [5.41, 5.74) is 1.29. The predicted octanol–water partition coefficient (Wildman–Crippen LogP) is 3.36. The van der Waals surface area contributed by atoms with E-state index in [2.05, 4.69) is 0 Å². The first kappa shape index (κ1) is 20.8. The largest absolute Gasteiger partial charge is 0.455 e. The van der Waals surface area contributed by atoms with Crippen molar-refractivity contribution in [2.24, 2.45) is 0 Å². The summed E-state index contributed by atoms with van der Waals surface area (Å²) >= 11 is 0. The summed E-state index contributed by atoms with van der Waals surface area (Å²) < 4.78 is 30.7. The van der Waals surface area contributed by atoms with Crippen LogP contribution in [-0.2, 0) is 14.6 Å². The summed E-state index contributed by atoms with van der Waals surface area (Å²) in [5.74, 6) is -1.59. The molecule has 1 heterocycles. The van der Waals surface area contributed by atoms with Crippen molar-refractivity contribution in [1.82, 2.24) is 0 Å². The molecule has 1 aliphatic heterocycles.